The molecule has 0 saturated carbocycles. The van der Waals surface area contributed by atoms with Gasteiger partial charge in [-0.15, -0.1) is 0 Å². The lowest BCUT2D eigenvalue weighted by molar-refractivity contribution is -0.115. The Bertz CT molecular complexity index is 455. The highest BCUT2D eigenvalue weighted by Gasteiger charge is 2.24. The number of aliphatic hydroxyl groups is 1. The molecule has 0 aliphatic rings. The van der Waals surface area contributed by atoms with E-state index in [1.54, 1.807) is 13.2 Å². The van der Waals surface area contributed by atoms with Gasteiger partial charge in [0.05, 0.1) is 13.7 Å². The molecule has 0 fully saturated rings. The van der Waals surface area contributed by atoms with Crippen LogP contribution < -0.4 is 15.4 Å². The summed E-state index contributed by atoms with van der Waals surface area (Å²) < 4.78 is 5.12. The van der Waals surface area contributed by atoms with Crippen LogP contribution in [-0.2, 0) is 4.79 Å². The van der Waals surface area contributed by atoms with Gasteiger partial charge in [0.2, 0.25) is 5.91 Å². The Labute approximate surface area is 126 Å². The Balaban J connectivity index is 2.52. The fraction of sp³-hybridized carbons (Fsp3) is 0.562. The SMILES string of the molecule is COc1cccc(NC(=O)CNC(CCO)C(C)(C)C)c1. The topological polar surface area (TPSA) is 70.6 Å². The first-order valence-electron chi connectivity index (χ1n) is 7.15. The van der Waals surface area contributed by atoms with Gasteiger partial charge in [-0.25, -0.2) is 0 Å². The molecule has 0 radical (unpaired) electrons. The second-order valence-corrected chi connectivity index (χ2v) is 6.09. The number of hydrogen-bond donors (Lipinski definition) is 3. The van der Waals surface area contributed by atoms with E-state index in [-0.39, 0.29) is 30.5 Å². The third kappa shape index (κ3) is 6.14. The number of methoxy groups -OCH3 is 1. The van der Waals surface area contributed by atoms with Gasteiger partial charge in [0.25, 0.3) is 0 Å². The van der Waals surface area contributed by atoms with Crippen LogP contribution in [0.5, 0.6) is 5.75 Å². The molecule has 1 atom stereocenters. The van der Waals surface area contributed by atoms with Crippen LogP contribution in [0, 0.1) is 5.41 Å². The summed E-state index contributed by atoms with van der Waals surface area (Å²) in [6.07, 6.45) is 0.621. The van der Waals surface area contributed by atoms with Crippen molar-refractivity contribution in [2.75, 3.05) is 25.6 Å². The van der Waals surface area contributed by atoms with Gasteiger partial charge < -0.3 is 20.5 Å². The van der Waals surface area contributed by atoms with Crippen LogP contribution in [0.25, 0.3) is 0 Å². The molecule has 0 aliphatic heterocycles. The summed E-state index contributed by atoms with van der Waals surface area (Å²) in [5.41, 5.74) is 0.689. The molecule has 1 aromatic carbocycles. The molecule has 1 unspecified atom stereocenters. The van der Waals surface area contributed by atoms with E-state index in [4.69, 9.17) is 9.84 Å². The average Bonchev–Trinajstić information content (AvgIpc) is 2.42. The molecule has 0 aliphatic carbocycles. The molecular formula is C16H26N2O3. The molecule has 0 spiro atoms. The second-order valence-electron chi connectivity index (χ2n) is 6.09. The van der Waals surface area contributed by atoms with Gasteiger partial charge in [-0.05, 0) is 24.0 Å². The summed E-state index contributed by atoms with van der Waals surface area (Å²) in [5, 5.41) is 15.1. The molecule has 0 aromatic heterocycles. The molecule has 0 saturated heterocycles. The Morgan fingerprint density at radius 3 is 2.67 bits per heavy atom. The number of ether oxygens (including phenoxy) is 1. The zero-order valence-electron chi connectivity index (χ0n) is 13.3. The van der Waals surface area contributed by atoms with E-state index in [0.717, 1.165) is 0 Å². The number of benzene rings is 1. The van der Waals surface area contributed by atoms with Crippen molar-refractivity contribution in [2.24, 2.45) is 5.41 Å². The Morgan fingerprint density at radius 2 is 2.10 bits per heavy atom. The van der Waals surface area contributed by atoms with Crippen LogP contribution >= 0.6 is 0 Å². The van der Waals surface area contributed by atoms with Crippen molar-refractivity contribution in [3.8, 4) is 5.75 Å². The van der Waals surface area contributed by atoms with Crippen LogP contribution in [-0.4, -0.2) is 37.3 Å². The average molecular weight is 294 g/mol. The number of aliphatic hydroxyl groups excluding tert-OH is 1. The van der Waals surface area contributed by atoms with Crippen LogP contribution in [0.2, 0.25) is 0 Å². The number of anilines is 1. The second kappa shape index (κ2) is 8.00. The summed E-state index contributed by atoms with van der Waals surface area (Å²) in [4.78, 5) is 12.0. The minimum atomic E-state index is -0.115. The molecule has 21 heavy (non-hydrogen) atoms. The fourth-order valence-electron chi connectivity index (χ4n) is 2.09. The highest BCUT2D eigenvalue weighted by atomic mass is 16.5. The monoisotopic (exact) mass is 294 g/mol. The van der Waals surface area contributed by atoms with Crippen molar-refractivity contribution in [2.45, 2.75) is 33.2 Å². The minimum absolute atomic E-state index is 0.0149. The van der Waals surface area contributed by atoms with Crippen LogP contribution in [0.15, 0.2) is 24.3 Å². The summed E-state index contributed by atoms with van der Waals surface area (Å²) in [6.45, 7) is 6.56. The van der Waals surface area contributed by atoms with Crippen molar-refractivity contribution in [3.05, 3.63) is 24.3 Å². The molecule has 0 heterocycles. The minimum Gasteiger partial charge on any atom is -0.497 e. The number of nitrogens with one attached hydrogen (secondary N) is 2. The standard InChI is InChI=1S/C16H26N2O3/c1-16(2,3)14(8-9-19)17-11-15(20)18-12-6-5-7-13(10-12)21-4/h5-7,10,14,17,19H,8-9,11H2,1-4H3,(H,18,20). The largest absolute Gasteiger partial charge is 0.497 e. The van der Waals surface area contributed by atoms with Crippen molar-refractivity contribution < 1.29 is 14.6 Å². The van der Waals surface area contributed by atoms with Crippen molar-refractivity contribution in [1.29, 1.82) is 0 Å². The van der Waals surface area contributed by atoms with E-state index in [9.17, 15) is 4.79 Å². The predicted molar refractivity (Wildman–Crippen MR) is 84.6 cm³/mol. The normalized spacial score (nSPS) is 12.8. The summed E-state index contributed by atoms with van der Waals surface area (Å²) >= 11 is 0. The van der Waals surface area contributed by atoms with Gasteiger partial charge in [0.1, 0.15) is 5.75 Å². The van der Waals surface area contributed by atoms with Gasteiger partial charge >= 0.3 is 0 Å². The van der Waals surface area contributed by atoms with Crippen LogP contribution in [0.1, 0.15) is 27.2 Å². The molecule has 3 N–H and O–H groups in total. The van der Waals surface area contributed by atoms with Crippen molar-refractivity contribution in [3.63, 3.8) is 0 Å². The summed E-state index contributed by atoms with van der Waals surface area (Å²) in [6, 6.07) is 7.32. The molecule has 0 bridgehead atoms. The zero-order valence-corrected chi connectivity index (χ0v) is 13.3. The third-order valence-electron chi connectivity index (χ3n) is 3.33. The van der Waals surface area contributed by atoms with Gasteiger partial charge in [-0.1, -0.05) is 26.8 Å². The smallest absolute Gasteiger partial charge is 0.238 e. The predicted octanol–water partition coefficient (Wildman–Crippen LogP) is 2.02. The molecule has 118 valence electrons. The van der Waals surface area contributed by atoms with Crippen molar-refractivity contribution in [1.82, 2.24) is 5.32 Å². The number of carbonyl (C=O) groups is 1. The molecule has 5 nitrogen and oxygen atoms in total. The number of hydrogen-bond acceptors (Lipinski definition) is 4. The lowest BCUT2D eigenvalue weighted by Gasteiger charge is -2.31. The molecule has 1 rings (SSSR count). The maximum Gasteiger partial charge on any atom is 0.238 e. The molecule has 1 amide bonds. The maximum absolute atomic E-state index is 12.0. The zero-order chi connectivity index (χ0) is 15.9. The van der Waals surface area contributed by atoms with E-state index in [2.05, 4.69) is 31.4 Å². The third-order valence-corrected chi connectivity index (χ3v) is 3.33. The summed E-state index contributed by atoms with van der Waals surface area (Å²) in [5.74, 6) is 0.587. The van der Waals surface area contributed by atoms with Crippen LogP contribution in [0.3, 0.4) is 0 Å². The van der Waals surface area contributed by atoms with E-state index < -0.39 is 0 Å². The first kappa shape index (κ1) is 17.5. The maximum atomic E-state index is 12.0. The lowest BCUT2D eigenvalue weighted by atomic mass is 9.85. The number of amides is 1. The van der Waals surface area contributed by atoms with Crippen LogP contribution in [0.4, 0.5) is 5.69 Å². The first-order chi connectivity index (χ1) is 9.86. The Hall–Kier alpha value is -1.59. The molecule has 1 aromatic rings. The van der Waals surface area contributed by atoms with E-state index in [1.165, 1.54) is 0 Å². The number of carbonyl (C=O) groups excluding carboxylic acids is 1. The quantitative estimate of drug-likeness (QED) is 0.719. The first-order valence-corrected chi connectivity index (χ1v) is 7.15. The molecular weight excluding hydrogens is 268 g/mol. The van der Waals surface area contributed by atoms with Crippen molar-refractivity contribution >= 4 is 11.6 Å². The fourth-order valence-corrected chi connectivity index (χ4v) is 2.09. The van der Waals surface area contributed by atoms with E-state index in [1.807, 2.05) is 18.2 Å². The summed E-state index contributed by atoms with van der Waals surface area (Å²) in [7, 11) is 1.59. The highest BCUT2D eigenvalue weighted by Crippen LogP contribution is 2.21. The van der Waals surface area contributed by atoms with Gasteiger partial charge in [-0.3, -0.25) is 4.79 Å². The van der Waals surface area contributed by atoms with Gasteiger partial charge in [0, 0.05) is 24.4 Å². The Morgan fingerprint density at radius 1 is 1.38 bits per heavy atom. The van der Waals surface area contributed by atoms with Gasteiger partial charge in [-0.2, -0.15) is 0 Å². The van der Waals surface area contributed by atoms with E-state index >= 15 is 0 Å². The number of rotatable bonds is 7. The Kier molecular flexibility index (Phi) is 6.65. The van der Waals surface area contributed by atoms with Gasteiger partial charge in [0.15, 0.2) is 0 Å². The molecule has 5 heteroatoms. The lowest BCUT2D eigenvalue weighted by Crippen LogP contribution is -2.44. The highest BCUT2D eigenvalue weighted by molar-refractivity contribution is 5.92. The van der Waals surface area contributed by atoms with E-state index in [0.29, 0.717) is 17.9 Å².